The van der Waals surface area contributed by atoms with Crippen LogP contribution in [0.25, 0.3) is 11.3 Å². The summed E-state index contributed by atoms with van der Waals surface area (Å²) in [5, 5.41) is 9.31. The molecule has 0 bridgehead atoms. The number of imidazole rings is 1. The first kappa shape index (κ1) is 11.9. The molecule has 4 nitrogen and oxygen atoms in total. The molecule has 0 spiro atoms. The second-order valence-electron chi connectivity index (χ2n) is 5.11. The maximum absolute atomic E-state index is 9.31. The van der Waals surface area contributed by atoms with Crippen molar-refractivity contribution in [1.82, 2.24) is 9.97 Å². The van der Waals surface area contributed by atoms with Crippen LogP contribution in [0, 0.1) is 25.2 Å². The van der Waals surface area contributed by atoms with E-state index in [9.17, 15) is 5.26 Å². The van der Waals surface area contributed by atoms with Gasteiger partial charge in [0.1, 0.15) is 5.82 Å². The van der Waals surface area contributed by atoms with E-state index in [1.807, 2.05) is 6.92 Å². The topological polar surface area (TPSA) is 61.7 Å². The number of ether oxygens (including phenoxy) is 1. The van der Waals surface area contributed by atoms with Crippen molar-refractivity contribution in [3.63, 3.8) is 0 Å². The Kier molecular flexibility index (Phi) is 2.65. The Bertz CT molecular complexity index is 645. The monoisotopic (exact) mass is 253 g/mol. The van der Waals surface area contributed by atoms with Crippen molar-refractivity contribution in [2.24, 2.45) is 0 Å². The van der Waals surface area contributed by atoms with Gasteiger partial charge in [-0.15, -0.1) is 0 Å². The normalized spacial score (nSPS) is 16.7. The predicted octanol–water partition coefficient (Wildman–Crippen LogP) is 2.49. The summed E-state index contributed by atoms with van der Waals surface area (Å²) in [5.74, 6) is 0.717. The number of nitriles is 1. The average Bonchev–Trinajstić information content (AvgIpc) is 2.72. The van der Waals surface area contributed by atoms with Crippen molar-refractivity contribution >= 4 is 0 Å². The van der Waals surface area contributed by atoms with Crippen molar-refractivity contribution in [2.75, 3.05) is 13.2 Å². The number of hydrogen-bond donors (Lipinski definition) is 1. The summed E-state index contributed by atoms with van der Waals surface area (Å²) in [5.41, 5.74) is 3.60. The highest BCUT2D eigenvalue weighted by Gasteiger charge is 2.44. The van der Waals surface area contributed by atoms with Gasteiger partial charge in [-0.3, -0.25) is 0 Å². The maximum Gasteiger partial charge on any atom is 0.161 e. The van der Waals surface area contributed by atoms with Gasteiger partial charge in [0.2, 0.25) is 0 Å². The molecule has 3 rings (SSSR count). The number of aromatic nitrogens is 2. The van der Waals surface area contributed by atoms with Gasteiger partial charge < -0.3 is 9.72 Å². The molecule has 19 heavy (non-hydrogen) atoms. The lowest BCUT2D eigenvalue weighted by Gasteiger charge is -2.32. The van der Waals surface area contributed by atoms with Crippen LogP contribution in [0.4, 0.5) is 0 Å². The molecule has 0 aliphatic carbocycles. The highest BCUT2D eigenvalue weighted by molar-refractivity contribution is 5.62. The number of nitrogens with one attached hydrogen (secondary N) is 1. The molecule has 0 saturated carbocycles. The summed E-state index contributed by atoms with van der Waals surface area (Å²) in [6.45, 7) is 4.88. The minimum absolute atomic E-state index is 0.420. The molecular weight excluding hydrogens is 238 g/mol. The zero-order valence-electron chi connectivity index (χ0n) is 11.0. The molecule has 1 saturated heterocycles. The quantitative estimate of drug-likeness (QED) is 0.894. The fraction of sp³-hybridized carbons (Fsp3) is 0.333. The lowest BCUT2D eigenvalue weighted by molar-refractivity contribution is -0.0335. The van der Waals surface area contributed by atoms with Crippen LogP contribution in [-0.2, 0) is 10.2 Å². The van der Waals surface area contributed by atoms with Gasteiger partial charge in [-0.1, -0.05) is 29.8 Å². The van der Waals surface area contributed by atoms with E-state index in [0.717, 1.165) is 17.0 Å². The van der Waals surface area contributed by atoms with Crippen LogP contribution < -0.4 is 0 Å². The first-order valence-electron chi connectivity index (χ1n) is 6.28. The molecule has 1 aliphatic rings. The number of aryl methyl sites for hydroxylation is 2. The van der Waals surface area contributed by atoms with E-state index in [4.69, 9.17) is 4.74 Å². The van der Waals surface area contributed by atoms with Gasteiger partial charge in [-0.2, -0.15) is 5.26 Å². The smallest absolute Gasteiger partial charge is 0.161 e. The molecule has 4 heteroatoms. The number of H-pyrrole nitrogens is 1. The van der Waals surface area contributed by atoms with Gasteiger partial charge in [0.15, 0.2) is 5.41 Å². The molecular formula is C15H15N3O. The van der Waals surface area contributed by atoms with Crippen LogP contribution in [0.1, 0.15) is 17.1 Å². The molecule has 1 aromatic heterocycles. The second kappa shape index (κ2) is 4.22. The molecule has 2 heterocycles. The first-order chi connectivity index (χ1) is 9.14. The lowest BCUT2D eigenvalue weighted by atomic mass is 9.87. The standard InChI is InChI=1S/C15H15N3O/c1-10-3-5-12(6-4-10)13-11(2)17-14(18-13)15(7-16)8-19-9-15/h3-6H,8-9H2,1-2H3,(H,17,18). The molecule has 1 aromatic carbocycles. The van der Waals surface area contributed by atoms with E-state index in [-0.39, 0.29) is 0 Å². The summed E-state index contributed by atoms with van der Waals surface area (Å²) in [6.07, 6.45) is 0. The summed E-state index contributed by atoms with van der Waals surface area (Å²) in [4.78, 5) is 7.85. The maximum atomic E-state index is 9.31. The Morgan fingerprint density at radius 1 is 1.26 bits per heavy atom. The first-order valence-corrected chi connectivity index (χ1v) is 6.28. The molecule has 96 valence electrons. The fourth-order valence-corrected chi connectivity index (χ4v) is 2.24. The van der Waals surface area contributed by atoms with Crippen LogP contribution in [0.15, 0.2) is 24.3 Å². The summed E-state index contributed by atoms with van der Waals surface area (Å²) >= 11 is 0. The molecule has 0 unspecified atom stereocenters. The number of nitrogens with zero attached hydrogens (tertiary/aromatic N) is 2. The zero-order valence-corrected chi connectivity index (χ0v) is 11.0. The molecule has 2 aromatic rings. The van der Waals surface area contributed by atoms with Crippen molar-refractivity contribution in [3.8, 4) is 17.3 Å². The fourth-order valence-electron chi connectivity index (χ4n) is 2.24. The molecule has 0 amide bonds. The molecule has 1 N–H and O–H groups in total. The van der Waals surface area contributed by atoms with E-state index < -0.39 is 5.41 Å². The third kappa shape index (κ3) is 1.83. The van der Waals surface area contributed by atoms with Crippen molar-refractivity contribution in [3.05, 3.63) is 41.3 Å². The SMILES string of the molecule is Cc1ccc(-c2nc(C3(C#N)COC3)[nH]c2C)cc1. The van der Waals surface area contributed by atoms with Gasteiger partial charge in [0.25, 0.3) is 0 Å². The Balaban J connectivity index is 2.03. The van der Waals surface area contributed by atoms with Gasteiger partial charge in [0, 0.05) is 11.3 Å². The van der Waals surface area contributed by atoms with Crippen molar-refractivity contribution in [1.29, 1.82) is 5.26 Å². The molecule has 0 atom stereocenters. The number of hydrogen-bond acceptors (Lipinski definition) is 3. The lowest BCUT2D eigenvalue weighted by Crippen LogP contribution is -2.46. The van der Waals surface area contributed by atoms with E-state index in [1.54, 1.807) is 0 Å². The van der Waals surface area contributed by atoms with Crippen LogP contribution in [-0.4, -0.2) is 23.2 Å². The number of rotatable bonds is 2. The molecule has 0 radical (unpaired) electrons. The summed E-state index contributed by atoms with van der Waals surface area (Å²) < 4.78 is 5.17. The van der Waals surface area contributed by atoms with Gasteiger partial charge in [0.05, 0.1) is 25.0 Å². The minimum atomic E-state index is -0.590. The number of aromatic amines is 1. The largest absolute Gasteiger partial charge is 0.377 e. The van der Waals surface area contributed by atoms with Crippen LogP contribution in [0.5, 0.6) is 0 Å². The van der Waals surface area contributed by atoms with Gasteiger partial charge >= 0.3 is 0 Å². The highest BCUT2D eigenvalue weighted by Crippen LogP contribution is 2.32. The third-order valence-electron chi connectivity index (χ3n) is 3.57. The minimum Gasteiger partial charge on any atom is -0.377 e. The van der Waals surface area contributed by atoms with E-state index in [1.165, 1.54) is 5.56 Å². The highest BCUT2D eigenvalue weighted by atomic mass is 16.5. The van der Waals surface area contributed by atoms with Crippen LogP contribution in [0.3, 0.4) is 0 Å². The molecule has 1 fully saturated rings. The second-order valence-corrected chi connectivity index (χ2v) is 5.11. The van der Waals surface area contributed by atoms with E-state index in [0.29, 0.717) is 19.0 Å². The van der Waals surface area contributed by atoms with Crippen LogP contribution in [0.2, 0.25) is 0 Å². The Labute approximate surface area is 112 Å². The van der Waals surface area contributed by atoms with E-state index in [2.05, 4.69) is 47.2 Å². The summed E-state index contributed by atoms with van der Waals surface area (Å²) in [6, 6.07) is 10.6. The predicted molar refractivity (Wildman–Crippen MR) is 71.6 cm³/mol. The molecule has 1 aliphatic heterocycles. The Hall–Kier alpha value is -2.12. The average molecular weight is 253 g/mol. The van der Waals surface area contributed by atoms with E-state index >= 15 is 0 Å². The zero-order chi connectivity index (χ0) is 13.5. The third-order valence-corrected chi connectivity index (χ3v) is 3.57. The Morgan fingerprint density at radius 3 is 2.47 bits per heavy atom. The summed E-state index contributed by atoms with van der Waals surface area (Å²) in [7, 11) is 0. The van der Waals surface area contributed by atoms with Gasteiger partial charge in [-0.25, -0.2) is 4.98 Å². The van der Waals surface area contributed by atoms with Crippen molar-refractivity contribution < 1.29 is 4.74 Å². The number of benzene rings is 1. The van der Waals surface area contributed by atoms with Crippen molar-refractivity contribution in [2.45, 2.75) is 19.3 Å². The van der Waals surface area contributed by atoms with Gasteiger partial charge in [-0.05, 0) is 13.8 Å². The Morgan fingerprint density at radius 2 is 1.95 bits per heavy atom. The van der Waals surface area contributed by atoms with Crippen LogP contribution >= 0.6 is 0 Å².